The fourth-order valence-corrected chi connectivity index (χ4v) is 9.56. The molecule has 0 amide bonds. The van der Waals surface area contributed by atoms with Crippen LogP contribution in [0.25, 0.3) is 56.1 Å². The molecular formula is C53H54BBrN8O4S3. The van der Waals surface area contributed by atoms with E-state index in [9.17, 15) is 9.59 Å². The first-order valence-corrected chi connectivity index (χ1v) is 25.8. The first-order chi connectivity index (χ1) is 33.3. The van der Waals surface area contributed by atoms with Crippen LogP contribution in [0.1, 0.15) is 84.2 Å². The van der Waals surface area contributed by atoms with Gasteiger partial charge in [-0.15, -0.1) is 34.0 Å². The molecule has 1 fully saturated rings. The number of anilines is 1. The smallest absolute Gasteiger partial charge is 0.398 e. The highest BCUT2D eigenvalue weighted by atomic mass is 79.9. The van der Waals surface area contributed by atoms with Crippen molar-refractivity contribution in [1.82, 2.24) is 34.5 Å². The molecule has 6 heterocycles. The fraction of sp³-hybridized carbons (Fsp3) is 0.245. The normalized spacial score (nSPS) is 13.6. The van der Waals surface area contributed by atoms with Crippen molar-refractivity contribution in [2.24, 2.45) is 0 Å². The highest BCUT2D eigenvalue weighted by Gasteiger charge is 2.52. The standard InChI is InChI=1S/C25H24N6S.C11H9NOS.C10H16BNO2S.C7H5BrO/c1-15-29-21(14-32-15)18-7-5-6-8-19(18)23-30-20-11-16(17-12-27-24(26)28-13-17)9-10-22(20)31(23)25(2,3)4;1-8-12-11(7-14-8)10-5-3-2-4-9(10)6-13;1-7-12-8(6-15-7)11-13-9(2,3)10(4,5)14-11;8-7-4-2-1-3-6(7)5-9/h5-14H,1-4H3,(H2,26,27,28);2-7H,1H3;6H,1-5H3;1-5H. The number of nitrogen functional groups attached to an aromatic ring is 1. The minimum absolute atomic E-state index is 0.166. The number of rotatable bonds is 7. The van der Waals surface area contributed by atoms with Gasteiger partial charge in [-0.1, -0.05) is 88.7 Å². The van der Waals surface area contributed by atoms with Gasteiger partial charge < -0.3 is 19.6 Å². The van der Waals surface area contributed by atoms with E-state index in [0.717, 1.165) is 93.7 Å². The second kappa shape index (κ2) is 21.9. The van der Waals surface area contributed by atoms with Crippen LogP contribution in [0.15, 0.2) is 124 Å². The highest BCUT2D eigenvalue weighted by molar-refractivity contribution is 9.10. The van der Waals surface area contributed by atoms with E-state index in [0.29, 0.717) is 11.1 Å². The summed E-state index contributed by atoms with van der Waals surface area (Å²) in [7, 11) is -0.319. The zero-order chi connectivity index (χ0) is 50.4. The van der Waals surface area contributed by atoms with Gasteiger partial charge in [0.25, 0.3) is 0 Å². The number of fused-ring (bicyclic) bond motifs is 1. The quantitative estimate of drug-likeness (QED) is 0.119. The summed E-state index contributed by atoms with van der Waals surface area (Å²) >= 11 is 8.10. The SMILES string of the molecule is Cc1nc(-c2ccccc2-c2nc3cc(-c4cnc(N)nc4)ccc3n2C(C)(C)C)cs1.Cc1nc(-c2ccccc2C=O)cs1.Cc1nc(B2OC(C)(C)C(C)(C)O2)cs1.O=Cc1ccccc1Br. The molecule has 10 rings (SSSR count). The van der Waals surface area contributed by atoms with Crippen LogP contribution >= 0.6 is 49.9 Å². The van der Waals surface area contributed by atoms with Gasteiger partial charge in [-0.25, -0.2) is 24.9 Å². The van der Waals surface area contributed by atoms with Crippen molar-refractivity contribution in [2.45, 2.75) is 86.0 Å². The summed E-state index contributed by atoms with van der Waals surface area (Å²) in [6.07, 6.45) is 5.17. The monoisotopic (exact) mass is 1050 g/mol. The van der Waals surface area contributed by atoms with Crippen molar-refractivity contribution >= 4 is 92.2 Å². The van der Waals surface area contributed by atoms with Crippen molar-refractivity contribution in [2.75, 3.05) is 5.73 Å². The number of carbonyl (C=O) groups excluding carboxylic acids is 2. The van der Waals surface area contributed by atoms with Crippen molar-refractivity contribution in [3.63, 3.8) is 0 Å². The second-order valence-electron chi connectivity index (χ2n) is 18.2. The van der Waals surface area contributed by atoms with E-state index in [4.69, 9.17) is 25.0 Å². The Balaban J connectivity index is 0.000000157. The van der Waals surface area contributed by atoms with Crippen molar-refractivity contribution in [1.29, 1.82) is 0 Å². The Kier molecular flexibility index (Phi) is 16.2. The Hall–Kier alpha value is -6.08. The first kappa shape index (κ1) is 51.8. The average Bonchev–Trinajstić information content (AvgIpc) is 4.18. The van der Waals surface area contributed by atoms with E-state index in [1.54, 1.807) is 58.5 Å². The highest BCUT2D eigenvalue weighted by Crippen LogP contribution is 2.39. The lowest BCUT2D eigenvalue weighted by Gasteiger charge is -2.32. The molecule has 1 aliphatic heterocycles. The summed E-state index contributed by atoms with van der Waals surface area (Å²) in [6, 6.07) is 29.4. The molecule has 0 atom stereocenters. The molecule has 5 aromatic heterocycles. The minimum atomic E-state index is -0.319. The number of imidazole rings is 1. The van der Waals surface area contributed by atoms with Gasteiger partial charge in [-0.05, 0) is 93.0 Å². The number of thiazole rings is 3. The maximum Gasteiger partial charge on any atom is 0.515 e. The van der Waals surface area contributed by atoms with Crippen molar-refractivity contribution in [3.05, 3.63) is 150 Å². The number of aromatic nitrogens is 7. The van der Waals surface area contributed by atoms with Crippen LogP contribution in [-0.4, -0.2) is 65.4 Å². The third-order valence-corrected chi connectivity index (χ3v) is 14.6. The molecule has 0 aliphatic carbocycles. The lowest BCUT2D eigenvalue weighted by Crippen LogP contribution is -2.41. The predicted octanol–water partition coefficient (Wildman–Crippen LogP) is 12.9. The number of aryl methyl sites for hydroxylation is 3. The number of hydrogen-bond donors (Lipinski definition) is 1. The van der Waals surface area contributed by atoms with E-state index in [1.165, 1.54) is 0 Å². The molecule has 9 aromatic rings. The molecule has 358 valence electrons. The molecule has 1 saturated heterocycles. The van der Waals surface area contributed by atoms with E-state index < -0.39 is 0 Å². The molecule has 0 unspecified atom stereocenters. The van der Waals surface area contributed by atoms with Crippen LogP contribution in [0.2, 0.25) is 0 Å². The average molecular weight is 1050 g/mol. The number of halogens is 1. The Bertz CT molecular complexity index is 3230. The largest absolute Gasteiger partial charge is 0.515 e. The molecule has 0 saturated carbocycles. The Labute approximate surface area is 429 Å². The van der Waals surface area contributed by atoms with E-state index >= 15 is 0 Å². The van der Waals surface area contributed by atoms with Gasteiger partial charge in [0.05, 0.1) is 54.2 Å². The molecular weight excluding hydrogens is 1000 g/mol. The number of benzene rings is 4. The molecule has 4 aromatic carbocycles. The Morgan fingerprint density at radius 1 is 0.643 bits per heavy atom. The molecule has 12 nitrogen and oxygen atoms in total. The van der Waals surface area contributed by atoms with Crippen LogP contribution in [0, 0.1) is 20.8 Å². The third kappa shape index (κ3) is 12.1. The topological polar surface area (TPSA) is 161 Å². The lowest BCUT2D eigenvalue weighted by atomic mass is 9.86. The lowest BCUT2D eigenvalue weighted by molar-refractivity contribution is 0.00578. The van der Waals surface area contributed by atoms with Gasteiger partial charge in [0.1, 0.15) is 5.82 Å². The molecule has 2 N–H and O–H groups in total. The Morgan fingerprint density at radius 3 is 1.67 bits per heavy atom. The molecule has 1 aliphatic rings. The van der Waals surface area contributed by atoms with Gasteiger partial charge >= 0.3 is 7.12 Å². The Morgan fingerprint density at radius 2 is 1.16 bits per heavy atom. The van der Waals surface area contributed by atoms with Crippen LogP contribution in [0.4, 0.5) is 5.95 Å². The summed E-state index contributed by atoms with van der Waals surface area (Å²) in [4.78, 5) is 47.8. The van der Waals surface area contributed by atoms with Crippen LogP contribution in [0.5, 0.6) is 0 Å². The first-order valence-electron chi connectivity index (χ1n) is 22.4. The van der Waals surface area contributed by atoms with Crippen molar-refractivity contribution < 1.29 is 18.9 Å². The fourth-order valence-electron chi connectivity index (χ4n) is 7.34. The second-order valence-corrected chi connectivity index (χ2v) is 22.3. The molecule has 0 bridgehead atoms. The van der Waals surface area contributed by atoms with Gasteiger partial charge in [-0.2, -0.15) is 0 Å². The molecule has 0 radical (unpaired) electrons. The number of carbonyl (C=O) groups is 2. The summed E-state index contributed by atoms with van der Waals surface area (Å²) in [6.45, 7) is 20.8. The summed E-state index contributed by atoms with van der Waals surface area (Å²) in [5.74, 6) is 1.20. The zero-order valence-corrected chi connectivity index (χ0v) is 44.8. The summed E-state index contributed by atoms with van der Waals surface area (Å²) in [5, 5.41) is 9.18. The van der Waals surface area contributed by atoms with Crippen LogP contribution < -0.4 is 11.3 Å². The third-order valence-electron chi connectivity index (χ3n) is 11.5. The van der Waals surface area contributed by atoms with Gasteiger partial charge in [0.2, 0.25) is 5.95 Å². The van der Waals surface area contributed by atoms with Crippen molar-refractivity contribution in [3.8, 4) is 45.0 Å². The molecule has 0 spiro atoms. The number of nitrogens with two attached hydrogens (primary N) is 1. The maximum atomic E-state index is 10.8. The zero-order valence-electron chi connectivity index (χ0n) is 40.7. The molecule has 70 heavy (non-hydrogen) atoms. The molecule has 17 heteroatoms. The van der Waals surface area contributed by atoms with Gasteiger partial charge in [0.15, 0.2) is 12.6 Å². The summed E-state index contributed by atoms with van der Waals surface area (Å²) < 4.78 is 14.9. The maximum absolute atomic E-state index is 10.8. The minimum Gasteiger partial charge on any atom is -0.398 e. The number of aldehydes is 2. The van der Waals surface area contributed by atoms with Crippen LogP contribution in [0.3, 0.4) is 0 Å². The van der Waals surface area contributed by atoms with Gasteiger partial charge in [0, 0.05) is 71.9 Å². The van der Waals surface area contributed by atoms with Gasteiger partial charge in [-0.3, -0.25) is 14.6 Å². The number of hydrogen-bond acceptors (Lipinski definition) is 14. The van der Waals surface area contributed by atoms with Crippen LogP contribution in [-0.2, 0) is 14.8 Å². The van der Waals surface area contributed by atoms with E-state index in [1.807, 2.05) is 95.6 Å². The summed E-state index contributed by atoms with van der Waals surface area (Å²) in [5.41, 5.74) is 16.0. The predicted molar refractivity (Wildman–Crippen MR) is 291 cm³/mol. The van der Waals surface area contributed by atoms with E-state index in [2.05, 4.69) is 109 Å². The number of nitrogens with zero attached hydrogens (tertiary/aromatic N) is 7. The van der Waals surface area contributed by atoms with E-state index in [-0.39, 0.29) is 29.8 Å².